The zero-order valence-electron chi connectivity index (χ0n) is 16.0. The zero-order chi connectivity index (χ0) is 19.3. The molecule has 3 aromatic rings. The van der Waals surface area contributed by atoms with Crippen LogP contribution in [0.4, 0.5) is 5.69 Å². The molecule has 0 radical (unpaired) electrons. The summed E-state index contributed by atoms with van der Waals surface area (Å²) in [5, 5.41) is 0. The van der Waals surface area contributed by atoms with Crippen LogP contribution in [-0.4, -0.2) is 8.42 Å². The second-order valence-electron chi connectivity index (χ2n) is 7.83. The zero-order valence-corrected chi connectivity index (χ0v) is 16.8. The highest BCUT2D eigenvalue weighted by Crippen LogP contribution is 2.44. The van der Waals surface area contributed by atoms with Gasteiger partial charge in [0.2, 0.25) is 0 Å². The van der Waals surface area contributed by atoms with Crippen LogP contribution in [0.15, 0.2) is 65.6 Å². The first-order valence-corrected chi connectivity index (χ1v) is 11.3. The Kier molecular flexibility index (Phi) is 4.06. The normalized spacial score (nSPS) is 15.5. The molecule has 2 aliphatic rings. The van der Waals surface area contributed by atoms with E-state index in [4.69, 9.17) is 0 Å². The van der Waals surface area contributed by atoms with Crippen LogP contribution < -0.4 is 4.31 Å². The summed E-state index contributed by atoms with van der Waals surface area (Å²) in [6.45, 7) is 2.34. The third-order valence-electron chi connectivity index (χ3n) is 5.96. The van der Waals surface area contributed by atoms with Crippen molar-refractivity contribution in [1.29, 1.82) is 0 Å². The van der Waals surface area contributed by atoms with Gasteiger partial charge in [0.05, 0.1) is 17.1 Å². The maximum absolute atomic E-state index is 13.6. The number of anilines is 1. The molecule has 3 aromatic carbocycles. The Morgan fingerprint density at radius 3 is 2.21 bits per heavy atom. The fourth-order valence-corrected chi connectivity index (χ4v) is 5.86. The average molecular weight is 390 g/mol. The van der Waals surface area contributed by atoms with Crippen molar-refractivity contribution < 1.29 is 8.42 Å². The molecule has 1 aliphatic carbocycles. The standard InChI is InChI=1S/C24H23NO2S/c1-17-10-12-21(13-11-17)28(26,27)25-16-20-8-4-5-9-22(20)23-14-18-6-2-3-7-19(18)15-24(23)25/h4-5,8-15H,2-3,6-7,16H2,1H3. The van der Waals surface area contributed by atoms with E-state index in [1.165, 1.54) is 24.0 Å². The van der Waals surface area contributed by atoms with Gasteiger partial charge in [-0.25, -0.2) is 8.42 Å². The summed E-state index contributed by atoms with van der Waals surface area (Å²) in [5.41, 5.74) is 7.79. The van der Waals surface area contributed by atoms with E-state index in [0.717, 1.165) is 40.8 Å². The Balaban J connectivity index is 1.72. The molecule has 0 spiro atoms. The molecule has 0 atom stereocenters. The van der Waals surface area contributed by atoms with E-state index in [2.05, 4.69) is 18.2 Å². The van der Waals surface area contributed by atoms with Gasteiger partial charge in [0.1, 0.15) is 0 Å². The van der Waals surface area contributed by atoms with Crippen LogP contribution in [0.3, 0.4) is 0 Å². The summed E-state index contributed by atoms with van der Waals surface area (Å²) >= 11 is 0. The van der Waals surface area contributed by atoms with Crippen molar-refractivity contribution in [2.24, 2.45) is 0 Å². The quantitative estimate of drug-likeness (QED) is 0.600. The summed E-state index contributed by atoms with van der Waals surface area (Å²) in [5.74, 6) is 0. The first-order chi connectivity index (χ1) is 13.5. The molecule has 5 rings (SSSR count). The molecule has 28 heavy (non-hydrogen) atoms. The number of aryl methyl sites for hydroxylation is 3. The minimum Gasteiger partial charge on any atom is -0.261 e. The Morgan fingerprint density at radius 1 is 0.786 bits per heavy atom. The lowest BCUT2D eigenvalue weighted by Crippen LogP contribution is -2.33. The Labute approximate surface area is 166 Å². The van der Waals surface area contributed by atoms with Gasteiger partial charge >= 0.3 is 0 Å². The smallest absolute Gasteiger partial charge is 0.261 e. The van der Waals surface area contributed by atoms with Crippen molar-refractivity contribution in [3.8, 4) is 11.1 Å². The van der Waals surface area contributed by atoms with Crippen LogP contribution in [-0.2, 0) is 29.4 Å². The van der Waals surface area contributed by atoms with Crippen molar-refractivity contribution >= 4 is 15.7 Å². The van der Waals surface area contributed by atoms with E-state index >= 15 is 0 Å². The summed E-state index contributed by atoms with van der Waals surface area (Å²) in [6, 6.07) is 19.7. The van der Waals surface area contributed by atoms with Gasteiger partial charge in [0.15, 0.2) is 0 Å². The predicted molar refractivity (Wildman–Crippen MR) is 113 cm³/mol. The van der Waals surface area contributed by atoms with E-state index in [1.807, 2.05) is 37.3 Å². The number of hydrogen-bond donors (Lipinski definition) is 0. The highest BCUT2D eigenvalue weighted by molar-refractivity contribution is 7.92. The van der Waals surface area contributed by atoms with Gasteiger partial charge in [-0.05, 0) is 79.1 Å². The highest BCUT2D eigenvalue weighted by Gasteiger charge is 2.32. The maximum atomic E-state index is 13.6. The Bertz CT molecular complexity index is 1160. The monoisotopic (exact) mass is 389 g/mol. The number of fused-ring (bicyclic) bond motifs is 4. The summed E-state index contributed by atoms with van der Waals surface area (Å²) in [4.78, 5) is 0.348. The van der Waals surface area contributed by atoms with Gasteiger partial charge < -0.3 is 0 Å². The lowest BCUT2D eigenvalue weighted by molar-refractivity contribution is 0.590. The number of rotatable bonds is 2. The molecular weight excluding hydrogens is 366 g/mol. The van der Waals surface area contributed by atoms with E-state index in [9.17, 15) is 8.42 Å². The predicted octanol–water partition coefficient (Wildman–Crippen LogP) is 5.25. The van der Waals surface area contributed by atoms with Crippen LogP contribution in [0.2, 0.25) is 0 Å². The van der Waals surface area contributed by atoms with E-state index in [-0.39, 0.29) is 0 Å². The number of hydrogen-bond acceptors (Lipinski definition) is 2. The molecule has 0 fully saturated rings. The van der Waals surface area contributed by atoms with Gasteiger partial charge in [-0.3, -0.25) is 4.31 Å². The van der Waals surface area contributed by atoms with Crippen molar-refractivity contribution in [3.05, 3.63) is 82.9 Å². The average Bonchev–Trinajstić information content (AvgIpc) is 2.72. The molecule has 0 saturated heterocycles. The van der Waals surface area contributed by atoms with Gasteiger partial charge in [0.25, 0.3) is 10.0 Å². The van der Waals surface area contributed by atoms with Crippen LogP contribution in [0.25, 0.3) is 11.1 Å². The number of sulfonamides is 1. The molecule has 0 unspecified atom stereocenters. The van der Waals surface area contributed by atoms with Gasteiger partial charge in [-0.15, -0.1) is 0 Å². The van der Waals surface area contributed by atoms with Crippen molar-refractivity contribution in [1.82, 2.24) is 0 Å². The minimum atomic E-state index is -3.63. The largest absolute Gasteiger partial charge is 0.264 e. The van der Waals surface area contributed by atoms with E-state index < -0.39 is 10.0 Å². The molecular formula is C24H23NO2S. The molecule has 4 heteroatoms. The molecule has 0 saturated carbocycles. The Morgan fingerprint density at radius 2 is 1.46 bits per heavy atom. The minimum absolute atomic E-state index is 0.348. The van der Waals surface area contributed by atoms with Gasteiger partial charge in [-0.1, -0.05) is 42.0 Å². The van der Waals surface area contributed by atoms with E-state index in [0.29, 0.717) is 11.4 Å². The second-order valence-corrected chi connectivity index (χ2v) is 9.69. The molecule has 0 aromatic heterocycles. The molecule has 3 nitrogen and oxygen atoms in total. The number of nitrogens with zero attached hydrogens (tertiary/aromatic N) is 1. The fraction of sp³-hybridized carbons (Fsp3) is 0.250. The lowest BCUT2D eigenvalue weighted by Gasteiger charge is -2.34. The van der Waals surface area contributed by atoms with Crippen molar-refractivity contribution in [2.45, 2.75) is 44.0 Å². The van der Waals surface area contributed by atoms with Crippen LogP contribution in [0.1, 0.15) is 35.1 Å². The van der Waals surface area contributed by atoms with Crippen LogP contribution >= 0.6 is 0 Å². The first-order valence-electron chi connectivity index (χ1n) is 9.87. The number of benzene rings is 3. The van der Waals surface area contributed by atoms with E-state index in [1.54, 1.807) is 16.4 Å². The Hall–Kier alpha value is -2.59. The van der Waals surface area contributed by atoms with Crippen LogP contribution in [0, 0.1) is 6.92 Å². The SMILES string of the molecule is Cc1ccc(S(=O)(=O)N2Cc3ccccc3-c3cc4c(cc32)CCCC4)cc1. The molecule has 1 heterocycles. The topological polar surface area (TPSA) is 37.4 Å². The molecule has 0 bridgehead atoms. The third-order valence-corrected chi connectivity index (χ3v) is 7.73. The molecule has 1 aliphatic heterocycles. The molecule has 142 valence electrons. The van der Waals surface area contributed by atoms with Crippen molar-refractivity contribution in [2.75, 3.05) is 4.31 Å². The molecule has 0 N–H and O–H groups in total. The maximum Gasteiger partial charge on any atom is 0.264 e. The molecule has 0 amide bonds. The summed E-state index contributed by atoms with van der Waals surface area (Å²) < 4.78 is 28.7. The third kappa shape index (κ3) is 2.75. The van der Waals surface area contributed by atoms with Gasteiger partial charge in [0, 0.05) is 5.56 Å². The highest BCUT2D eigenvalue weighted by atomic mass is 32.2. The van der Waals surface area contributed by atoms with Gasteiger partial charge in [-0.2, -0.15) is 0 Å². The van der Waals surface area contributed by atoms with Crippen molar-refractivity contribution in [3.63, 3.8) is 0 Å². The summed E-state index contributed by atoms with van der Waals surface area (Å²) in [6.07, 6.45) is 4.49. The second kappa shape index (κ2) is 6.49. The first kappa shape index (κ1) is 17.5. The summed E-state index contributed by atoms with van der Waals surface area (Å²) in [7, 11) is -3.63. The fourth-order valence-electron chi connectivity index (χ4n) is 4.41. The van der Waals surface area contributed by atoms with Crippen LogP contribution in [0.5, 0.6) is 0 Å². The lowest BCUT2D eigenvalue weighted by atomic mass is 9.86.